The molecule has 0 bridgehead atoms. The molecule has 0 aliphatic heterocycles. The third-order valence-electron chi connectivity index (χ3n) is 8.90. The van der Waals surface area contributed by atoms with Crippen LogP contribution in [0.4, 0.5) is 11.6 Å². The molecule has 3 aromatic heterocycles. The molecule has 1 amide bonds. The van der Waals surface area contributed by atoms with Gasteiger partial charge in [0.1, 0.15) is 34.6 Å². The summed E-state index contributed by atoms with van der Waals surface area (Å²) >= 11 is 0. The third kappa shape index (κ3) is 7.09. The van der Waals surface area contributed by atoms with Crippen molar-refractivity contribution in [2.45, 2.75) is 26.4 Å². The predicted molar refractivity (Wildman–Crippen MR) is 189 cm³/mol. The highest BCUT2D eigenvalue weighted by Crippen LogP contribution is 2.41. The molecule has 0 radical (unpaired) electrons. The summed E-state index contributed by atoms with van der Waals surface area (Å²) in [6.45, 7) is 2.81. The molecule has 1 N–H and O–H groups in total. The molecule has 1 aliphatic carbocycles. The molecule has 0 saturated heterocycles. The number of hydrogen-bond donors (Lipinski definition) is 1. The van der Waals surface area contributed by atoms with Crippen LogP contribution in [0.25, 0.3) is 22.0 Å². The number of nitrogens with one attached hydrogen (secondary N) is 1. The Bertz CT molecular complexity index is 2000. The minimum atomic E-state index is -0.448. The summed E-state index contributed by atoms with van der Waals surface area (Å²) in [7, 11) is 7.81. The second-order valence-corrected chi connectivity index (χ2v) is 12.0. The lowest BCUT2D eigenvalue weighted by Crippen LogP contribution is -2.24. The number of aromatic nitrogens is 3. The zero-order valence-electron chi connectivity index (χ0n) is 28.9. The molecular weight excluding hydrogens is 638 g/mol. The molecule has 1 fully saturated rings. The van der Waals surface area contributed by atoms with Gasteiger partial charge in [-0.1, -0.05) is 0 Å². The molecule has 0 spiro atoms. The van der Waals surface area contributed by atoms with Crippen molar-refractivity contribution in [1.29, 1.82) is 0 Å². The van der Waals surface area contributed by atoms with E-state index in [1.54, 1.807) is 47.0 Å². The smallest absolute Gasteiger partial charge is 0.309 e. The van der Waals surface area contributed by atoms with Gasteiger partial charge in [0.15, 0.2) is 0 Å². The van der Waals surface area contributed by atoms with Gasteiger partial charge in [-0.25, -0.2) is 9.97 Å². The number of pyridine rings is 3. The van der Waals surface area contributed by atoms with Gasteiger partial charge >= 0.3 is 5.97 Å². The first-order valence-corrected chi connectivity index (χ1v) is 16.0. The third-order valence-corrected chi connectivity index (χ3v) is 8.90. The lowest BCUT2D eigenvalue weighted by Gasteiger charge is -2.28. The monoisotopic (exact) mass is 677 g/mol. The Kier molecular flexibility index (Phi) is 9.98. The molecule has 5 aromatic rings. The van der Waals surface area contributed by atoms with Crippen molar-refractivity contribution in [1.82, 2.24) is 15.0 Å². The molecule has 258 valence electrons. The molecule has 12 heteroatoms. The average Bonchev–Trinajstić information content (AvgIpc) is 3.95. The predicted octanol–water partition coefficient (Wildman–Crippen LogP) is 5.99. The maximum Gasteiger partial charge on any atom is 0.309 e. The highest BCUT2D eigenvalue weighted by atomic mass is 16.5. The van der Waals surface area contributed by atoms with Crippen molar-refractivity contribution in [3.05, 3.63) is 89.9 Å². The highest BCUT2D eigenvalue weighted by Gasteiger charge is 2.49. The van der Waals surface area contributed by atoms with E-state index in [-0.39, 0.29) is 11.9 Å². The van der Waals surface area contributed by atoms with Gasteiger partial charge in [0.25, 0.3) is 0 Å². The van der Waals surface area contributed by atoms with Crippen molar-refractivity contribution >= 4 is 34.3 Å². The quantitative estimate of drug-likeness (QED) is 0.147. The van der Waals surface area contributed by atoms with E-state index in [9.17, 15) is 9.59 Å². The first-order valence-electron chi connectivity index (χ1n) is 16.0. The van der Waals surface area contributed by atoms with Crippen LogP contribution in [0.15, 0.2) is 73.2 Å². The molecule has 6 rings (SSSR count). The molecular formula is C38H39N5O7. The molecule has 50 heavy (non-hydrogen) atoms. The van der Waals surface area contributed by atoms with Crippen molar-refractivity contribution < 1.29 is 33.3 Å². The number of carbonyl (C=O) groups is 2. The number of anilines is 2. The van der Waals surface area contributed by atoms with E-state index in [1.165, 1.54) is 7.11 Å². The summed E-state index contributed by atoms with van der Waals surface area (Å²) in [4.78, 5) is 41.4. The molecule has 12 nitrogen and oxygen atoms in total. The maximum absolute atomic E-state index is 13.0. The van der Waals surface area contributed by atoms with E-state index in [2.05, 4.69) is 20.2 Å². The normalized spacial score (nSPS) is 14.8. The molecule has 3 heterocycles. The second kappa shape index (κ2) is 14.7. The number of carbonyl (C=O) groups excluding carboxylic acids is 2. The number of aryl methyl sites for hydroxylation is 1. The van der Waals surface area contributed by atoms with Crippen LogP contribution in [0.3, 0.4) is 0 Å². The number of hydrogen-bond acceptors (Lipinski definition) is 11. The summed E-state index contributed by atoms with van der Waals surface area (Å²) in [5, 5.41) is 4.45. The first kappa shape index (κ1) is 34.0. The Morgan fingerprint density at radius 3 is 2.06 bits per heavy atom. The van der Waals surface area contributed by atoms with Gasteiger partial charge in [-0.3, -0.25) is 14.6 Å². The minimum Gasteiger partial charge on any atom is -0.497 e. The van der Waals surface area contributed by atoms with E-state index in [4.69, 9.17) is 28.7 Å². The summed E-state index contributed by atoms with van der Waals surface area (Å²) in [6, 6.07) is 17.2. The second-order valence-electron chi connectivity index (χ2n) is 12.0. The Balaban J connectivity index is 1.49. The van der Waals surface area contributed by atoms with E-state index in [0.717, 1.165) is 33.0 Å². The van der Waals surface area contributed by atoms with Gasteiger partial charge in [-0.2, -0.15) is 0 Å². The number of rotatable bonds is 13. The lowest BCUT2D eigenvalue weighted by atomic mass is 10.0. The molecule has 1 aliphatic rings. The fourth-order valence-corrected chi connectivity index (χ4v) is 6.01. The Morgan fingerprint density at radius 1 is 0.820 bits per heavy atom. The summed E-state index contributed by atoms with van der Waals surface area (Å²) in [5.74, 6) is 2.14. The fraction of sp³-hybridized carbons (Fsp3) is 0.289. The largest absolute Gasteiger partial charge is 0.497 e. The van der Waals surface area contributed by atoms with Gasteiger partial charge in [0.05, 0.1) is 53.1 Å². The molecule has 0 unspecified atom stereocenters. The van der Waals surface area contributed by atoms with Gasteiger partial charge in [-0.05, 0) is 66.8 Å². The number of benzene rings is 2. The fourth-order valence-electron chi connectivity index (χ4n) is 6.01. The van der Waals surface area contributed by atoms with Gasteiger partial charge in [0, 0.05) is 65.9 Å². The lowest BCUT2D eigenvalue weighted by molar-refractivity contribution is -0.143. The summed E-state index contributed by atoms with van der Waals surface area (Å²) < 4.78 is 27.3. The van der Waals surface area contributed by atoms with Crippen LogP contribution in [-0.4, -0.2) is 62.4 Å². The Hall–Kier alpha value is -5.91. The highest BCUT2D eigenvalue weighted by molar-refractivity contribution is 6.01. The first-order chi connectivity index (χ1) is 24.3. The number of methoxy groups -OCH3 is 5. The van der Waals surface area contributed by atoms with E-state index < -0.39 is 11.8 Å². The van der Waals surface area contributed by atoms with Crippen LogP contribution >= 0.6 is 0 Å². The summed E-state index contributed by atoms with van der Waals surface area (Å²) in [6.07, 6.45) is 5.70. The van der Waals surface area contributed by atoms with Crippen molar-refractivity contribution in [2.75, 3.05) is 45.8 Å². The van der Waals surface area contributed by atoms with Crippen LogP contribution in [-0.2, 0) is 27.4 Å². The standard InChI is InChI=1S/C38H39N5O7/c1-22-11-12-39-18-30(22)32-13-25-14-35(42-37(44)28-17-29(28)38(45)50-6)40-19-31(25)36(41-32)43(20-23-7-9-26(46-2)15-33(23)48-4)21-24-8-10-27(47-3)16-34(24)49-5/h7-16,18-19,28-29H,17,20-21H2,1-6H3,(H,40,42,44)/t28-,29-/m1/s1. The van der Waals surface area contributed by atoms with Gasteiger partial charge in [-0.15, -0.1) is 0 Å². The number of esters is 1. The van der Waals surface area contributed by atoms with Crippen LogP contribution in [0.5, 0.6) is 23.0 Å². The Labute approximate surface area is 290 Å². The topological polar surface area (TPSA) is 134 Å². The number of ether oxygens (including phenoxy) is 5. The average molecular weight is 678 g/mol. The van der Waals surface area contributed by atoms with Crippen LogP contribution < -0.4 is 29.2 Å². The number of fused-ring (bicyclic) bond motifs is 1. The van der Waals surface area contributed by atoms with E-state index in [0.29, 0.717) is 59.8 Å². The van der Waals surface area contributed by atoms with Crippen molar-refractivity contribution in [3.8, 4) is 34.3 Å². The summed E-state index contributed by atoms with van der Waals surface area (Å²) in [5.41, 5.74) is 4.37. The Morgan fingerprint density at radius 2 is 1.48 bits per heavy atom. The van der Waals surface area contributed by atoms with Crippen LogP contribution in [0, 0.1) is 18.8 Å². The minimum absolute atomic E-state index is 0.273. The van der Waals surface area contributed by atoms with Crippen LogP contribution in [0.2, 0.25) is 0 Å². The van der Waals surface area contributed by atoms with Gasteiger partial charge in [0.2, 0.25) is 5.91 Å². The number of amides is 1. The van der Waals surface area contributed by atoms with E-state index >= 15 is 0 Å². The maximum atomic E-state index is 13.0. The zero-order valence-corrected chi connectivity index (χ0v) is 28.9. The zero-order chi connectivity index (χ0) is 35.4. The van der Waals surface area contributed by atoms with Crippen molar-refractivity contribution in [2.24, 2.45) is 11.8 Å². The van der Waals surface area contributed by atoms with E-state index in [1.807, 2.05) is 61.5 Å². The number of nitrogens with zero attached hydrogens (tertiary/aromatic N) is 4. The van der Waals surface area contributed by atoms with Gasteiger partial charge < -0.3 is 33.9 Å². The van der Waals surface area contributed by atoms with Crippen molar-refractivity contribution in [3.63, 3.8) is 0 Å². The van der Waals surface area contributed by atoms with Crippen LogP contribution in [0.1, 0.15) is 23.1 Å². The molecule has 2 atom stereocenters. The molecule has 1 saturated carbocycles. The molecule has 2 aromatic carbocycles. The SMILES string of the molecule is COC(=O)[C@@H]1C[C@H]1C(=O)Nc1cc2cc(-c3cnccc3C)nc(N(Cc3ccc(OC)cc3OC)Cc3ccc(OC)cc3OC)c2cn1.